The number of nitrogens with two attached hydrogens (primary N) is 1. The predicted molar refractivity (Wildman–Crippen MR) is 98.9 cm³/mol. The van der Waals surface area contributed by atoms with Gasteiger partial charge >= 0.3 is 11.9 Å². The van der Waals surface area contributed by atoms with Crippen molar-refractivity contribution in [3.8, 4) is 11.1 Å². The van der Waals surface area contributed by atoms with Gasteiger partial charge in [-0.3, -0.25) is 0 Å². The number of carbonyl (C=O) groups is 2. The summed E-state index contributed by atoms with van der Waals surface area (Å²) < 4.78 is 28.2. The number of rotatable bonds is 6. The summed E-state index contributed by atoms with van der Waals surface area (Å²) in [6.45, 7) is -0.136. The highest BCUT2D eigenvalue weighted by Crippen LogP contribution is 2.44. The Hall–Kier alpha value is -2.71. The predicted octanol–water partition coefficient (Wildman–Crippen LogP) is 1.17. The van der Waals surface area contributed by atoms with E-state index in [0.29, 0.717) is 0 Å². The zero-order chi connectivity index (χ0) is 19.8. The van der Waals surface area contributed by atoms with Gasteiger partial charge in [-0.15, -0.1) is 0 Å². The molecule has 1 aliphatic rings. The summed E-state index contributed by atoms with van der Waals surface area (Å²) in [7, 11) is -3.81. The van der Waals surface area contributed by atoms with E-state index in [1.165, 1.54) is 0 Å². The number of fused-ring (bicyclic) bond motifs is 3. The minimum atomic E-state index is -3.81. The second kappa shape index (κ2) is 6.79. The van der Waals surface area contributed by atoms with Crippen LogP contribution in [0.2, 0.25) is 0 Å². The van der Waals surface area contributed by atoms with E-state index in [1.54, 1.807) is 0 Å². The third-order valence-corrected chi connectivity index (χ3v) is 5.56. The molecule has 0 aromatic heterocycles. The Bertz CT molecular complexity index is 971. The molecule has 0 heterocycles. The number of aliphatic carboxylic acids is 1. The van der Waals surface area contributed by atoms with Gasteiger partial charge in [0.2, 0.25) is 5.54 Å². The Morgan fingerprint density at radius 3 is 2.00 bits per heavy atom. The lowest BCUT2D eigenvalue weighted by Crippen LogP contribution is -2.60. The molecule has 0 amide bonds. The molecule has 0 saturated heterocycles. The van der Waals surface area contributed by atoms with E-state index in [-0.39, 0.29) is 12.5 Å². The third kappa shape index (κ3) is 3.58. The van der Waals surface area contributed by atoms with Crippen LogP contribution in [0.5, 0.6) is 0 Å². The van der Waals surface area contributed by atoms with Crippen molar-refractivity contribution < 1.29 is 27.9 Å². The van der Waals surface area contributed by atoms with Gasteiger partial charge in [0.05, 0.1) is 5.75 Å². The van der Waals surface area contributed by atoms with Gasteiger partial charge < -0.3 is 15.6 Å². The molecule has 27 heavy (non-hydrogen) atoms. The minimum absolute atomic E-state index is 0.136. The van der Waals surface area contributed by atoms with E-state index in [9.17, 15) is 23.1 Å². The molecule has 0 radical (unpaired) electrons. The van der Waals surface area contributed by atoms with Crippen LogP contribution in [0.1, 0.15) is 17.0 Å². The van der Waals surface area contributed by atoms with Gasteiger partial charge in [0.15, 0.2) is 0 Å². The van der Waals surface area contributed by atoms with Crippen molar-refractivity contribution >= 4 is 21.8 Å². The number of esters is 1. The molecular weight excluding hydrogens is 370 g/mol. The van der Waals surface area contributed by atoms with Gasteiger partial charge in [-0.25, -0.2) is 18.0 Å². The Morgan fingerprint density at radius 1 is 1.07 bits per heavy atom. The first kappa shape index (κ1) is 19.1. The number of carboxylic acids is 1. The lowest BCUT2D eigenvalue weighted by atomic mass is 9.98. The fourth-order valence-electron chi connectivity index (χ4n) is 3.35. The summed E-state index contributed by atoms with van der Waals surface area (Å²) >= 11 is 0. The van der Waals surface area contributed by atoms with Crippen molar-refractivity contribution in [1.29, 1.82) is 0 Å². The van der Waals surface area contributed by atoms with Crippen molar-refractivity contribution in [2.75, 3.05) is 18.6 Å². The first-order valence-electron chi connectivity index (χ1n) is 8.19. The second-order valence-electron chi connectivity index (χ2n) is 6.67. The van der Waals surface area contributed by atoms with Crippen molar-refractivity contribution in [1.82, 2.24) is 0 Å². The van der Waals surface area contributed by atoms with E-state index in [0.717, 1.165) is 28.5 Å². The maximum Gasteiger partial charge on any atom is 0.338 e. The van der Waals surface area contributed by atoms with Crippen LogP contribution in [0.3, 0.4) is 0 Å². The molecule has 3 N–H and O–H groups in total. The van der Waals surface area contributed by atoms with Crippen molar-refractivity contribution in [3.05, 3.63) is 59.7 Å². The summed E-state index contributed by atoms with van der Waals surface area (Å²) in [4.78, 5) is 23.8. The maximum atomic E-state index is 12.4. The van der Waals surface area contributed by atoms with Crippen molar-refractivity contribution in [3.63, 3.8) is 0 Å². The highest BCUT2D eigenvalue weighted by Gasteiger charge is 2.47. The number of ether oxygens (including phenoxy) is 1. The topological polar surface area (TPSA) is 124 Å². The fraction of sp³-hybridized carbons (Fsp3) is 0.263. The van der Waals surface area contributed by atoms with E-state index in [4.69, 9.17) is 10.5 Å². The summed E-state index contributed by atoms with van der Waals surface area (Å²) in [6.07, 6.45) is 0.814. The molecule has 142 valence electrons. The molecule has 3 rings (SSSR count). The zero-order valence-corrected chi connectivity index (χ0v) is 15.4. The molecule has 8 heteroatoms. The first-order valence-corrected chi connectivity index (χ1v) is 10.2. The maximum absolute atomic E-state index is 12.4. The monoisotopic (exact) mass is 389 g/mol. The molecule has 1 atom stereocenters. The van der Waals surface area contributed by atoms with Gasteiger partial charge in [-0.05, 0) is 22.3 Å². The SMILES string of the molecule is CS(=O)(=O)C[C@](N)(C(=O)O)C(=O)OCC1c2ccccc2-c2ccccc21. The van der Waals surface area contributed by atoms with Crippen LogP contribution in [0.15, 0.2) is 48.5 Å². The highest BCUT2D eigenvalue weighted by atomic mass is 32.2. The summed E-state index contributed by atoms with van der Waals surface area (Å²) in [6, 6.07) is 15.3. The quantitative estimate of drug-likeness (QED) is 0.561. The molecule has 2 aromatic carbocycles. The molecule has 1 aliphatic carbocycles. The second-order valence-corrected chi connectivity index (χ2v) is 8.81. The Kier molecular flexibility index (Phi) is 4.79. The van der Waals surface area contributed by atoms with Crippen LogP contribution < -0.4 is 5.73 Å². The third-order valence-electron chi connectivity index (χ3n) is 4.58. The molecule has 0 spiro atoms. The van der Waals surface area contributed by atoms with Crippen LogP contribution in [0.25, 0.3) is 11.1 Å². The molecule has 0 saturated carbocycles. The Balaban J connectivity index is 1.86. The minimum Gasteiger partial charge on any atom is -0.479 e. The zero-order valence-electron chi connectivity index (χ0n) is 14.6. The van der Waals surface area contributed by atoms with Crippen molar-refractivity contribution in [2.45, 2.75) is 11.5 Å². The van der Waals surface area contributed by atoms with Crippen LogP contribution in [-0.2, 0) is 24.2 Å². The largest absolute Gasteiger partial charge is 0.479 e. The van der Waals surface area contributed by atoms with Crippen LogP contribution >= 0.6 is 0 Å². The highest BCUT2D eigenvalue weighted by molar-refractivity contribution is 7.90. The number of hydrogen-bond acceptors (Lipinski definition) is 6. The number of carboxylic acid groups (broad SMARTS) is 1. The number of benzene rings is 2. The van der Waals surface area contributed by atoms with E-state index in [2.05, 4.69) is 0 Å². The van der Waals surface area contributed by atoms with Crippen LogP contribution in [0, 0.1) is 0 Å². The number of sulfone groups is 1. The Labute approximate surface area is 156 Å². The fourth-order valence-corrected chi connectivity index (χ4v) is 4.42. The standard InChI is InChI=1S/C19H19NO6S/c1-27(24,25)11-19(20,17(21)22)18(23)26-10-16-14-8-4-2-6-12(14)13-7-3-5-9-15(13)16/h2-9,16H,10-11,20H2,1H3,(H,21,22)/t19-/m0/s1. The first-order chi connectivity index (χ1) is 12.6. The summed E-state index contributed by atoms with van der Waals surface area (Å²) in [5.74, 6) is -4.34. The van der Waals surface area contributed by atoms with E-state index >= 15 is 0 Å². The average molecular weight is 389 g/mol. The van der Waals surface area contributed by atoms with Gasteiger partial charge in [-0.1, -0.05) is 48.5 Å². The Morgan fingerprint density at radius 2 is 1.56 bits per heavy atom. The van der Waals surface area contributed by atoms with Crippen LogP contribution in [-0.4, -0.2) is 49.6 Å². The van der Waals surface area contributed by atoms with Gasteiger partial charge in [0.25, 0.3) is 0 Å². The lowest BCUT2D eigenvalue weighted by molar-refractivity contribution is -0.159. The van der Waals surface area contributed by atoms with E-state index < -0.39 is 33.1 Å². The van der Waals surface area contributed by atoms with Gasteiger partial charge in [0, 0.05) is 12.2 Å². The van der Waals surface area contributed by atoms with Crippen LogP contribution in [0.4, 0.5) is 0 Å². The average Bonchev–Trinajstić information content (AvgIpc) is 2.92. The lowest BCUT2D eigenvalue weighted by Gasteiger charge is -2.23. The molecule has 0 fully saturated rings. The normalized spacial score (nSPS) is 15.5. The van der Waals surface area contributed by atoms with Crippen molar-refractivity contribution in [2.24, 2.45) is 5.73 Å². The molecular formula is C19H19NO6S. The molecule has 0 bridgehead atoms. The van der Waals surface area contributed by atoms with Gasteiger partial charge in [0.1, 0.15) is 16.4 Å². The molecule has 0 unspecified atom stereocenters. The summed E-state index contributed by atoms with van der Waals surface area (Å²) in [5.41, 5.74) is 6.88. The smallest absolute Gasteiger partial charge is 0.338 e. The number of hydrogen-bond donors (Lipinski definition) is 2. The van der Waals surface area contributed by atoms with Gasteiger partial charge in [-0.2, -0.15) is 0 Å². The van der Waals surface area contributed by atoms with E-state index in [1.807, 2.05) is 48.5 Å². The number of carbonyl (C=O) groups excluding carboxylic acids is 1. The summed E-state index contributed by atoms with van der Waals surface area (Å²) in [5, 5.41) is 9.28. The molecule has 7 nitrogen and oxygen atoms in total. The molecule has 0 aliphatic heterocycles. The molecule has 2 aromatic rings.